The van der Waals surface area contributed by atoms with Crippen LogP contribution in [0.15, 0.2) is 24.4 Å². The maximum absolute atomic E-state index is 13.6. The SMILES string of the molecule is CCNCc1cn(Cc2ccc(F)cc2F)nc1C. The van der Waals surface area contributed by atoms with Gasteiger partial charge in [-0.2, -0.15) is 5.10 Å². The zero-order valence-corrected chi connectivity index (χ0v) is 11.1. The summed E-state index contributed by atoms with van der Waals surface area (Å²) < 4.78 is 28.1. The van der Waals surface area contributed by atoms with Crippen molar-refractivity contribution in [3.05, 3.63) is 52.9 Å². The summed E-state index contributed by atoms with van der Waals surface area (Å²) in [4.78, 5) is 0. The predicted molar refractivity (Wildman–Crippen MR) is 69.8 cm³/mol. The van der Waals surface area contributed by atoms with Crippen LogP contribution in [0.3, 0.4) is 0 Å². The van der Waals surface area contributed by atoms with E-state index < -0.39 is 11.6 Å². The van der Waals surface area contributed by atoms with Gasteiger partial charge in [0.2, 0.25) is 0 Å². The lowest BCUT2D eigenvalue weighted by Crippen LogP contribution is -2.11. The Morgan fingerprint density at radius 2 is 2.05 bits per heavy atom. The fourth-order valence-corrected chi connectivity index (χ4v) is 1.90. The summed E-state index contributed by atoms with van der Waals surface area (Å²) in [6.07, 6.45) is 1.89. The van der Waals surface area contributed by atoms with Gasteiger partial charge in [0, 0.05) is 29.9 Å². The van der Waals surface area contributed by atoms with E-state index in [4.69, 9.17) is 0 Å². The monoisotopic (exact) mass is 265 g/mol. The van der Waals surface area contributed by atoms with E-state index in [0.717, 1.165) is 30.4 Å². The lowest BCUT2D eigenvalue weighted by atomic mass is 10.2. The summed E-state index contributed by atoms with van der Waals surface area (Å²) in [7, 11) is 0. The molecular weight excluding hydrogens is 248 g/mol. The molecule has 1 aromatic heterocycles. The Morgan fingerprint density at radius 1 is 1.26 bits per heavy atom. The van der Waals surface area contributed by atoms with Crippen LogP contribution < -0.4 is 5.32 Å². The fourth-order valence-electron chi connectivity index (χ4n) is 1.90. The first-order valence-corrected chi connectivity index (χ1v) is 6.27. The van der Waals surface area contributed by atoms with Crippen molar-refractivity contribution < 1.29 is 8.78 Å². The predicted octanol–water partition coefficient (Wildman–Crippen LogP) is 2.63. The fraction of sp³-hybridized carbons (Fsp3) is 0.357. The van der Waals surface area contributed by atoms with Crippen molar-refractivity contribution in [2.24, 2.45) is 0 Å². The van der Waals surface area contributed by atoms with Gasteiger partial charge < -0.3 is 5.32 Å². The molecule has 5 heteroatoms. The highest BCUT2D eigenvalue weighted by Gasteiger charge is 2.08. The molecule has 0 fully saturated rings. The van der Waals surface area contributed by atoms with E-state index in [1.807, 2.05) is 20.0 Å². The van der Waals surface area contributed by atoms with Gasteiger partial charge in [-0.3, -0.25) is 4.68 Å². The third kappa shape index (κ3) is 3.38. The number of aromatic nitrogens is 2. The van der Waals surface area contributed by atoms with Crippen molar-refractivity contribution in [1.29, 1.82) is 0 Å². The van der Waals surface area contributed by atoms with E-state index in [9.17, 15) is 8.78 Å². The average molecular weight is 265 g/mol. The molecule has 0 unspecified atom stereocenters. The third-order valence-corrected chi connectivity index (χ3v) is 2.96. The van der Waals surface area contributed by atoms with E-state index in [1.165, 1.54) is 12.1 Å². The molecule has 1 aromatic carbocycles. The minimum Gasteiger partial charge on any atom is -0.313 e. The second kappa shape index (κ2) is 5.93. The Bertz CT molecular complexity index is 564. The number of aryl methyl sites for hydroxylation is 1. The van der Waals surface area contributed by atoms with Gasteiger partial charge in [-0.25, -0.2) is 8.78 Å². The molecule has 0 atom stereocenters. The molecule has 0 bridgehead atoms. The zero-order valence-electron chi connectivity index (χ0n) is 11.1. The standard InChI is InChI=1S/C14H17F2N3/c1-3-17-7-12-9-19(18-10(12)2)8-11-4-5-13(15)6-14(11)16/h4-6,9,17H,3,7-8H2,1-2H3. The van der Waals surface area contributed by atoms with Crippen LogP contribution in [0, 0.1) is 18.6 Å². The second-order valence-electron chi connectivity index (χ2n) is 4.45. The highest BCUT2D eigenvalue weighted by atomic mass is 19.1. The van der Waals surface area contributed by atoms with Crippen LogP contribution in [0.25, 0.3) is 0 Å². The van der Waals surface area contributed by atoms with Crippen molar-refractivity contribution in [1.82, 2.24) is 15.1 Å². The number of halogens is 2. The quantitative estimate of drug-likeness (QED) is 0.900. The average Bonchev–Trinajstić information content (AvgIpc) is 2.71. The molecule has 2 rings (SSSR count). The van der Waals surface area contributed by atoms with Crippen molar-refractivity contribution in [3.63, 3.8) is 0 Å². The topological polar surface area (TPSA) is 29.9 Å². The van der Waals surface area contributed by atoms with Gasteiger partial charge in [0.15, 0.2) is 0 Å². The largest absolute Gasteiger partial charge is 0.313 e. The van der Waals surface area contributed by atoms with Crippen molar-refractivity contribution in [3.8, 4) is 0 Å². The highest BCUT2D eigenvalue weighted by molar-refractivity contribution is 5.20. The normalized spacial score (nSPS) is 10.9. The first-order chi connectivity index (χ1) is 9.10. The maximum Gasteiger partial charge on any atom is 0.131 e. The molecule has 0 spiro atoms. The van der Waals surface area contributed by atoms with Gasteiger partial charge in [0.05, 0.1) is 12.2 Å². The smallest absolute Gasteiger partial charge is 0.131 e. The maximum atomic E-state index is 13.6. The molecule has 1 heterocycles. The summed E-state index contributed by atoms with van der Waals surface area (Å²) in [5.74, 6) is -1.10. The summed E-state index contributed by atoms with van der Waals surface area (Å²) >= 11 is 0. The number of hydrogen-bond donors (Lipinski definition) is 1. The molecule has 0 aliphatic carbocycles. The lowest BCUT2D eigenvalue weighted by Gasteiger charge is -2.03. The Hall–Kier alpha value is -1.75. The Balaban J connectivity index is 2.14. The molecule has 0 saturated heterocycles. The van der Waals surface area contributed by atoms with Crippen LogP contribution in [0.5, 0.6) is 0 Å². The van der Waals surface area contributed by atoms with E-state index in [-0.39, 0.29) is 0 Å². The molecule has 0 amide bonds. The molecule has 3 nitrogen and oxygen atoms in total. The molecule has 102 valence electrons. The van der Waals surface area contributed by atoms with Crippen LogP contribution in [0.2, 0.25) is 0 Å². The van der Waals surface area contributed by atoms with Crippen LogP contribution in [-0.2, 0) is 13.1 Å². The van der Waals surface area contributed by atoms with Gasteiger partial charge in [-0.15, -0.1) is 0 Å². The summed E-state index contributed by atoms with van der Waals surface area (Å²) in [5, 5.41) is 7.56. The molecule has 0 aliphatic heterocycles. The zero-order chi connectivity index (χ0) is 13.8. The molecule has 0 radical (unpaired) electrons. The van der Waals surface area contributed by atoms with Gasteiger partial charge in [-0.1, -0.05) is 13.0 Å². The van der Waals surface area contributed by atoms with Crippen molar-refractivity contribution in [2.45, 2.75) is 26.9 Å². The van der Waals surface area contributed by atoms with Crippen LogP contribution in [0.4, 0.5) is 8.78 Å². The first-order valence-electron chi connectivity index (χ1n) is 6.27. The first kappa shape index (κ1) is 13.7. The van der Waals surface area contributed by atoms with E-state index in [2.05, 4.69) is 10.4 Å². The van der Waals surface area contributed by atoms with Gasteiger partial charge in [0.1, 0.15) is 11.6 Å². The minimum absolute atomic E-state index is 0.305. The van der Waals surface area contributed by atoms with Crippen LogP contribution in [0.1, 0.15) is 23.7 Å². The lowest BCUT2D eigenvalue weighted by molar-refractivity contribution is 0.557. The Labute approximate surface area is 111 Å². The minimum atomic E-state index is -0.564. The second-order valence-corrected chi connectivity index (χ2v) is 4.45. The molecule has 0 saturated carbocycles. The molecule has 1 N–H and O–H groups in total. The molecular formula is C14H17F2N3. The van der Waals surface area contributed by atoms with E-state index in [1.54, 1.807) is 4.68 Å². The van der Waals surface area contributed by atoms with Crippen molar-refractivity contribution >= 4 is 0 Å². The van der Waals surface area contributed by atoms with E-state index in [0.29, 0.717) is 12.1 Å². The van der Waals surface area contributed by atoms with Gasteiger partial charge >= 0.3 is 0 Å². The molecule has 19 heavy (non-hydrogen) atoms. The van der Waals surface area contributed by atoms with Crippen LogP contribution >= 0.6 is 0 Å². The summed E-state index contributed by atoms with van der Waals surface area (Å²) in [6.45, 7) is 5.89. The summed E-state index contributed by atoms with van der Waals surface area (Å²) in [5.41, 5.74) is 2.44. The molecule has 0 aliphatic rings. The number of benzene rings is 1. The number of nitrogens with one attached hydrogen (secondary N) is 1. The number of hydrogen-bond acceptors (Lipinski definition) is 2. The number of nitrogens with zero attached hydrogens (tertiary/aromatic N) is 2. The Kier molecular flexibility index (Phi) is 4.27. The van der Waals surface area contributed by atoms with Gasteiger partial charge in [0.25, 0.3) is 0 Å². The van der Waals surface area contributed by atoms with Crippen LogP contribution in [-0.4, -0.2) is 16.3 Å². The number of rotatable bonds is 5. The van der Waals surface area contributed by atoms with Gasteiger partial charge in [-0.05, 0) is 19.5 Å². The molecule has 2 aromatic rings. The Morgan fingerprint density at radius 3 is 2.74 bits per heavy atom. The van der Waals surface area contributed by atoms with Crippen molar-refractivity contribution in [2.75, 3.05) is 6.54 Å². The highest BCUT2D eigenvalue weighted by Crippen LogP contribution is 2.12. The summed E-state index contributed by atoms with van der Waals surface area (Å²) in [6, 6.07) is 3.60. The van der Waals surface area contributed by atoms with E-state index >= 15 is 0 Å². The third-order valence-electron chi connectivity index (χ3n) is 2.96.